The first-order chi connectivity index (χ1) is 9.86. The van der Waals surface area contributed by atoms with Gasteiger partial charge in [0.05, 0.1) is 17.6 Å². The van der Waals surface area contributed by atoms with E-state index in [0.29, 0.717) is 6.61 Å². The third-order valence-electron chi connectivity index (χ3n) is 3.03. The summed E-state index contributed by atoms with van der Waals surface area (Å²) in [5.74, 6) is 0.742. The third-order valence-corrected chi connectivity index (χ3v) is 3.03. The van der Waals surface area contributed by atoms with Crippen LogP contribution < -0.4 is 4.74 Å². The van der Waals surface area contributed by atoms with E-state index in [1.807, 2.05) is 35.0 Å². The predicted octanol–water partition coefficient (Wildman–Crippen LogP) is 2.66. The summed E-state index contributed by atoms with van der Waals surface area (Å²) in [6.45, 7) is 2.54. The number of fused-ring (bicyclic) bond motifs is 1. The van der Waals surface area contributed by atoms with Crippen molar-refractivity contribution in [1.29, 1.82) is 0 Å². The Hall–Kier alpha value is -2.43. The zero-order chi connectivity index (χ0) is 13.8. The summed E-state index contributed by atoms with van der Waals surface area (Å²) in [6.07, 6.45) is 9.14. The highest BCUT2D eigenvalue weighted by molar-refractivity contribution is 5.39. The molecular weight excluding hydrogens is 252 g/mol. The van der Waals surface area contributed by atoms with Crippen LogP contribution in [0.5, 0.6) is 5.75 Å². The zero-order valence-corrected chi connectivity index (χ0v) is 11.4. The van der Waals surface area contributed by atoms with Gasteiger partial charge in [0, 0.05) is 12.4 Å². The molecule has 0 atom stereocenters. The van der Waals surface area contributed by atoms with Crippen LogP contribution in [0.4, 0.5) is 0 Å². The van der Waals surface area contributed by atoms with Crippen LogP contribution in [0.2, 0.25) is 0 Å². The van der Waals surface area contributed by atoms with Gasteiger partial charge in [0.25, 0.3) is 0 Å². The molecule has 0 saturated carbocycles. The molecule has 0 fully saturated rings. The van der Waals surface area contributed by atoms with Crippen LogP contribution in [0, 0.1) is 0 Å². The molecule has 3 aromatic rings. The lowest BCUT2D eigenvalue weighted by atomic mass is 10.2. The molecule has 0 aliphatic heterocycles. The monoisotopic (exact) mass is 268 g/mol. The second-order valence-corrected chi connectivity index (χ2v) is 4.57. The van der Waals surface area contributed by atoms with Crippen molar-refractivity contribution in [2.45, 2.75) is 26.4 Å². The molecule has 0 unspecified atom stereocenters. The van der Waals surface area contributed by atoms with E-state index >= 15 is 0 Å². The molecule has 0 saturated heterocycles. The summed E-state index contributed by atoms with van der Waals surface area (Å²) in [5.41, 5.74) is 2.76. The smallest absolute Gasteiger partial charge is 0.159 e. The number of rotatable bonds is 5. The number of hydrogen-bond acceptors (Lipinski definition) is 4. The molecule has 5 heteroatoms. The van der Waals surface area contributed by atoms with E-state index in [4.69, 9.17) is 4.74 Å². The Labute approximate surface area is 117 Å². The molecule has 0 amide bonds. The Kier molecular flexibility index (Phi) is 3.58. The van der Waals surface area contributed by atoms with Gasteiger partial charge in [-0.25, -0.2) is 15.0 Å². The lowest BCUT2D eigenvalue weighted by Crippen LogP contribution is -2.01. The molecule has 3 heterocycles. The summed E-state index contributed by atoms with van der Waals surface area (Å²) >= 11 is 0. The Morgan fingerprint density at radius 2 is 2.25 bits per heavy atom. The van der Waals surface area contributed by atoms with Crippen molar-refractivity contribution in [3.63, 3.8) is 0 Å². The largest absolute Gasteiger partial charge is 0.484 e. The standard InChI is InChI=1S/C15H16N4O/c1-2-5-13-14(8-16-11-17-13)20-10-12-9-19-7-4-3-6-15(19)18-12/h3-4,6-9,11H,2,5,10H2,1H3. The van der Waals surface area contributed by atoms with Crippen molar-refractivity contribution in [2.24, 2.45) is 0 Å². The summed E-state index contributed by atoms with van der Waals surface area (Å²) in [6, 6.07) is 5.92. The van der Waals surface area contributed by atoms with Gasteiger partial charge >= 0.3 is 0 Å². The normalized spacial score (nSPS) is 10.8. The van der Waals surface area contributed by atoms with Crippen molar-refractivity contribution in [3.8, 4) is 5.75 Å². The average molecular weight is 268 g/mol. The van der Waals surface area contributed by atoms with Gasteiger partial charge in [-0.3, -0.25) is 0 Å². The van der Waals surface area contributed by atoms with Crippen molar-refractivity contribution in [2.75, 3.05) is 0 Å². The first-order valence-corrected chi connectivity index (χ1v) is 6.71. The molecule has 0 aliphatic carbocycles. The van der Waals surface area contributed by atoms with Crippen LogP contribution in [-0.2, 0) is 13.0 Å². The molecule has 0 bridgehead atoms. The maximum atomic E-state index is 5.80. The predicted molar refractivity (Wildman–Crippen MR) is 75.6 cm³/mol. The number of nitrogens with zero attached hydrogens (tertiary/aromatic N) is 4. The first-order valence-electron chi connectivity index (χ1n) is 6.71. The molecule has 102 valence electrons. The fourth-order valence-electron chi connectivity index (χ4n) is 2.10. The van der Waals surface area contributed by atoms with Crippen LogP contribution in [0.3, 0.4) is 0 Å². The van der Waals surface area contributed by atoms with Crippen LogP contribution in [-0.4, -0.2) is 19.4 Å². The molecular formula is C15H16N4O. The molecule has 3 aromatic heterocycles. The second-order valence-electron chi connectivity index (χ2n) is 4.57. The minimum Gasteiger partial charge on any atom is -0.484 e. The minimum atomic E-state index is 0.422. The Bertz CT molecular complexity index is 675. The number of aromatic nitrogens is 4. The van der Waals surface area contributed by atoms with Gasteiger partial charge in [-0.2, -0.15) is 0 Å². The molecule has 0 aromatic carbocycles. The van der Waals surface area contributed by atoms with Crippen LogP contribution >= 0.6 is 0 Å². The van der Waals surface area contributed by atoms with Crippen LogP contribution in [0.25, 0.3) is 5.65 Å². The molecule has 20 heavy (non-hydrogen) atoms. The average Bonchev–Trinajstić information content (AvgIpc) is 2.89. The highest BCUT2D eigenvalue weighted by Gasteiger charge is 2.06. The molecule has 0 radical (unpaired) electrons. The molecule has 3 rings (SSSR count). The summed E-state index contributed by atoms with van der Waals surface area (Å²) in [7, 11) is 0. The topological polar surface area (TPSA) is 52.3 Å². The lowest BCUT2D eigenvalue weighted by molar-refractivity contribution is 0.295. The van der Waals surface area contributed by atoms with Gasteiger partial charge in [0.15, 0.2) is 5.75 Å². The van der Waals surface area contributed by atoms with Crippen LogP contribution in [0.15, 0.2) is 43.1 Å². The molecule has 0 spiro atoms. The van der Waals surface area contributed by atoms with E-state index in [2.05, 4.69) is 21.9 Å². The van der Waals surface area contributed by atoms with Gasteiger partial charge in [-0.1, -0.05) is 19.4 Å². The van der Waals surface area contributed by atoms with Crippen molar-refractivity contribution >= 4 is 5.65 Å². The zero-order valence-electron chi connectivity index (χ0n) is 11.4. The Morgan fingerprint density at radius 3 is 3.10 bits per heavy atom. The van der Waals surface area contributed by atoms with Crippen molar-refractivity contribution in [3.05, 3.63) is 54.5 Å². The van der Waals surface area contributed by atoms with Gasteiger partial charge in [-0.05, 0) is 18.6 Å². The molecule has 0 aliphatic rings. The maximum Gasteiger partial charge on any atom is 0.159 e. The van der Waals surface area contributed by atoms with E-state index in [0.717, 1.165) is 35.6 Å². The van der Waals surface area contributed by atoms with E-state index in [9.17, 15) is 0 Å². The lowest BCUT2D eigenvalue weighted by Gasteiger charge is -2.07. The van der Waals surface area contributed by atoms with E-state index in [-0.39, 0.29) is 0 Å². The number of aryl methyl sites for hydroxylation is 1. The van der Waals surface area contributed by atoms with Gasteiger partial charge in [-0.15, -0.1) is 0 Å². The maximum absolute atomic E-state index is 5.80. The number of ether oxygens (including phenoxy) is 1. The van der Waals surface area contributed by atoms with Gasteiger partial charge in [0.1, 0.15) is 18.6 Å². The minimum absolute atomic E-state index is 0.422. The number of hydrogen-bond donors (Lipinski definition) is 0. The second kappa shape index (κ2) is 5.69. The fourth-order valence-corrected chi connectivity index (χ4v) is 2.10. The van der Waals surface area contributed by atoms with E-state index < -0.39 is 0 Å². The highest BCUT2D eigenvalue weighted by atomic mass is 16.5. The third kappa shape index (κ3) is 2.61. The summed E-state index contributed by atoms with van der Waals surface area (Å²) in [4.78, 5) is 12.8. The van der Waals surface area contributed by atoms with Gasteiger partial charge in [0.2, 0.25) is 0 Å². The quantitative estimate of drug-likeness (QED) is 0.714. The Morgan fingerprint density at radius 1 is 1.30 bits per heavy atom. The molecule has 0 N–H and O–H groups in total. The van der Waals surface area contributed by atoms with Gasteiger partial charge < -0.3 is 9.14 Å². The first kappa shape index (κ1) is 12.6. The SMILES string of the molecule is CCCc1ncncc1OCc1cn2ccccc2n1. The van der Waals surface area contributed by atoms with Crippen LogP contribution in [0.1, 0.15) is 24.7 Å². The summed E-state index contributed by atoms with van der Waals surface area (Å²) in [5, 5.41) is 0. The summed E-state index contributed by atoms with van der Waals surface area (Å²) < 4.78 is 7.78. The number of imidazole rings is 1. The van der Waals surface area contributed by atoms with Crippen molar-refractivity contribution < 1.29 is 4.74 Å². The number of pyridine rings is 1. The van der Waals surface area contributed by atoms with E-state index in [1.165, 1.54) is 0 Å². The highest BCUT2D eigenvalue weighted by Crippen LogP contribution is 2.17. The fraction of sp³-hybridized carbons (Fsp3) is 0.267. The molecule has 5 nitrogen and oxygen atoms in total. The van der Waals surface area contributed by atoms with E-state index in [1.54, 1.807) is 12.5 Å². The Balaban J connectivity index is 1.76. The van der Waals surface area contributed by atoms with Crippen molar-refractivity contribution in [1.82, 2.24) is 19.4 Å².